The number of carbonyl (C=O) groups is 1. The van der Waals surface area contributed by atoms with Crippen molar-refractivity contribution in [2.75, 3.05) is 25.0 Å². The maximum Gasteiger partial charge on any atom is 0.297 e. The number of ketones is 1. The van der Waals surface area contributed by atoms with Crippen LogP contribution in [0.3, 0.4) is 0 Å². The molecule has 4 rings (SSSR count). The number of anilines is 1. The molecule has 0 bridgehead atoms. The van der Waals surface area contributed by atoms with Crippen molar-refractivity contribution >= 4 is 22.7 Å². The standard InChI is InChI=1S/C26H36N4O2/c1-5-6-9-20(12-21-14-27-23-11-8-7-10-22(21)23)13-24(31)25-15-28-26(32-25)30-16-18(2)29(4)19(3)17-30/h7-8,10-11,14-15,18-20,27H,5-6,9,12-13,16-17H2,1-4H3/t18-,19+,20?. The molecule has 0 amide bonds. The molecular weight excluding hydrogens is 400 g/mol. The lowest BCUT2D eigenvalue weighted by Gasteiger charge is -2.41. The predicted molar refractivity (Wildman–Crippen MR) is 129 cm³/mol. The fraction of sp³-hybridized carbons (Fsp3) is 0.538. The van der Waals surface area contributed by atoms with E-state index in [0.29, 0.717) is 36.2 Å². The van der Waals surface area contributed by atoms with Gasteiger partial charge in [0.2, 0.25) is 0 Å². The second kappa shape index (κ2) is 9.90. The van der Waals surface area contributed by atoms with E-state index in [1.165, 1.54) is 10.9 Å². The molecule has 172 valence electrons. The summed E-state index contributed by atoms with van der Waals surface area (Å²) in [6, 6.07) is 9.77. The van der Waals surface area contributed by atoms with Gasteiger partial charge >= 0.3 is 0 Å². The van der Waals surface area contributed by atoms with Gasteiger partial charge in [-0.2, -0.15) is 0 Å². The predicted octanol–water partition coefficient (Wildman–Crippen LogP) is 5.31. The smallest absolute Gasteiger partial charge is 0.297 e. The SMILES string of the molecule is CCCCC(CC(=O)c1cnc(N2C[C@@H](C)N(C)[C@@H](C)C2)o1)Cc1c[nH]c2ccccc12. The summed E-state index contributed by atoms with van der Waals surface area (Å²) < 4.78 is 5.97. The maximum atomic E-state index is 13.1. The molecule has 3 heterocycles. The van der Waals surface area contributed by atoms with Crippen LogP contribution in [0.15, 0.2) is 41.1 Å². The quantitative estimate of drug-likeness (QED) is 0.461. The van der Waals surface area contributed by atoms with Crippen LogP contribution in [0, 0.1) is 5.92 Å². The number of aromatic amines is 1. The monoisotopic (exact) mass is 436 g/mol. The number of unbranched alkanes of at least 4 members (excludes halogenated alkanes) is 1. The van der Waals surface area contributed by atoms with Gasteiger partial charge in [0.05, 0.1) is 6.20 Å². The van der Waals surface area contributed by atoms with E-state index >= 15 is 0 Å². The molecule has 0 radical (unpaired) electrons. The van der Waals surface area contributed by atoms with Gasteiger partial charge < -0.3 is 14.3 Å². The van der Waals surface area contributed by atoms with Gasteiger partial charge in [-0.05, 0) is 51.3 Å². The number of Topliss-reactive ketones (excluding diaryl/α,β-unsaturated/α-hetero) is 1. The van der Waals surface area contributed by atoms with Gasteiger partial charge in [-0.15, -0.1) is 0 Å². The largest absolute Gasteiger partial charge is 0.420 e. The number of nitrogens with zero attached hydrogens (tertiary/aromatic N) is 3. The average Bonchev–Trinajstić information content (AvgIpc) is 3.43. The lowest BCUT2D eigenvalue weighted by Crippen LogP contribution is -2.55. The number of oxazole rings is 1. The minimum atomic E-state index is 0.0555. The third-order valence-electron chi connectivity index (χ3n) is 7.02. The summed E-state index contributed by atoms with van der Waals surface area (Å²) in [5.41, 5.74) is 2.44. The van der Waals surface area contributed by atoms with E-state index in [2.05, 4.69) is 72.0 Å². The Bertz CT molecular complexity index is 1030. The number of benzene rings is 1. The molecule has 1 N–H and O–H groups in total. The van der Waals surface area contributed by atoms with Crippen molar-refractivity contribution in [3.8, 4) is 0 Å². The molecule has 0 spiro atoms. The number of carbonyl (C=O) groups excluding carboxylic acids is 1. The molecule has 2 aromatic heterocycles. The van der Waals surface area contributed by atoms with Crippen molar-refractivity contribution in [2.45, 2.75) is 65.0 Å². The molecule has 6 heteroatoms. The Balaban J connectivity index is 1.44. The zero-order chi connectivity index (χ0) is 22.7. The second-order valence-electron chi connectivity index (χ2n) is 9.47. The highest BCUT2D eigenvalue weighted by Gasteiger charge is 2.29. The summed E-state index contributed by atoms with van der Waals surface area (Å²) in [5.74, 6) is 0.735. The summed E-state index contributed by atoms with van der Waals surface area (Å²) in [5, 5.41) is 1.25. The molecule has 1 fully saturated rings. The minimum absolute atomic E-state index is 0.0555. The van der Waals surface area contributed by atoms with Gasteiger partial charge in [0.15, 0.2) is 11.5 Å². The van der Waals surface area contributed by atoms with Crippen LogP contribution in [0.2, 0.25) is 0 Å². The summed E-state index contributed by atoms with van der Waals surface area (Å²) in [7, 11) is 2.15. The summed E-state index contributed by atoms with van der Waals surface area (Å²) in [4.78, 5) is 25.5. The lowest BCUT2D eigenvalue weighted by atomic mass is 9.89. The first kappa shape index (κ1) is 22.6. The van der Waals surface area contributed by atoms with Gasteiger partial charge in [-0.1, -0.05) is 38.0 Å². The summed E-state index contributed by atoms with van der Waals surface area (Å²) >= 11 is 0. The molecule has 3 atom stereocenters. The molecule has 32 heavy (non-hydrogen) atoms. The lowest BCUT2D eigenvalue weighted by molar-refractivity contribution is 0.0930. The van der Waals surface area contributed by atoms with Crippen molar-refractivity contribution in [3.63, 3.8) is 0 Å². The van der Waals surface area contributed by atoms with Gasteiger partial charge in [0.25, 0.3) is 6.01 Å². The van der Waals surface area contributed by atoms with Crippen molar-refractivity contribution in [1.82, 2.24) is 14.9 Å². The first-order chi connectivity index (χ1) is 15.5. The highest BCUT2D eigenvalue weighted by Crippen LogP contribution is 2.27. The number of likely N-dealkylation sites (N-methyl/N-ethyl adjacent to an activating group) is 1. The highest BCUT2D eigenvalue weighted by atomic mass is 16.4. The van der Waals surface area contributed by atoms with E-state index in [1.54, 1.807) is 6.20 Å². The Morgan fingerprint density at radius 2 is 2.00 bits per heavy atom. The van der Waals surface area contributed by atoms with Crippen molar-refractivity contribution in [1.29, 1.82) is 0 Å². The van der Waals surface area contributed by atoms with Crippen molar-refractivity contribution < 1.29 is 9.21 Å². The van der Waals surface area contributed by atoms with Crippen molar-refractivity contribution in [3.05, 3.63) is 48.0 Å². The number of H-pyrrole nitrogens is 1. The molecule has 3 aromatic rings. The number of nitrogens with one attached hydrogen (secondary N) is 1. The second-order valence-corrected chi connectivity index (χ2v) is 9.47. The first-order valence-electron chi connectivity index (χ1n) is 12.0. The molecule has 0 aliphatic carbocycles. The van der Waals surface area contributed by atoms with Crippen LogP contribution in [0.25, 0.3) is 10.9 Å². The van der Waals surface area contributed by atoms with E-state index in [9.17, 15) is 4.79 Å². The zero-order valence-corrected chi connectivity index (χ0v) is 19.8. The van der Waals surface area contributed by atoms with E-state index in [0.717, 1.165) is 44.3 Å². The van der Waals surface area contributed by atoms with E-state index in [1.807, 2.05) is 6.07 Å². The number of piperazine rings is 1. The Hall–Kier alpha value is -2.60. The molecule has 1 saturated heterocycles. The topological polar surface area (TPSA) is 65.4 Å². The number of para-hydroxylation sites is 1. The fourth-order valence-corrected chi connectivity index (χ4v) is 4.84. The average molecular weight is 437 g/mol. The molecular formula is C26H36N4O2. The Morgan fingerprint density at radius 1 is 1.25 bits per heavy atom. The van der Waals surface area contributed by atoms with Crippen LogP contribution in [-0.4, -0.2) is 52.9 Å². The third kappa shape index (κ3) is 4.90. The first-order valence-corrected chi connectivity index (χ1v) is 12.0. The van der Waals surface area contributed by atoms with Crippen molar-refractivity contribution in [2.24, 2.45) is 5.92 Å². The number of aromatic nitrogens is 2. The van der Waals surface area contributed by atoms with Gasteiger partial charge in [0.1, 0.15) is 0 Å². The maximum absolute atomic E-state index is 13.1. The van der Waals surface area contributed by atoms with Crippen LogP contribution in [0.4, 0.5) is 6.01 Å². The molecule has 6 nitrogen and oxygen atoms in total. The zero-order valence-electron chi connectivity index (χ0n) is 19.8. The number of rotatable bonds is 9. The highest BCUT2D eigenvalue weighted by molar-refractivity contribution is 5.93. The molecule has 1 aliphatic rings. The third-order valence-corrected chi connectivity index (χ3v) is 7.02. The van der Waals surface area contributed by atoms with E-state index < -0.39 is 0 Å². The summed E-state index contributed by atoms with van der Waals surface area (Å²) in [6.45, 7) is 8.33. The van der Waals surface area contributed by atoms with Crippen LogP contribution >= 0.6 is 0 Å². The van der Waals surface area contributed by atoms with Gasteiger partial charge in [-0.3, -0.25) is 9.69 Å². The Kier molecular flexibility index (Phi) is 6.99. The van der Waals surface area contributed by atoms with Gasteiger partial charge in [-0.25, -0.2) is 4.98 Å². The Labute approximate surface area is 191 Å². The van der Waals surface area contributed by atoms with E-state index in [-0.39, 0.29) is 5.78 Å². The normalized spacial score (nSPS) is 20.7. The molecule has 0 saturated carbocycles. The van der Waals surface area contributed by atoms with Crippen LogP contribution in [0.5, 0.6) is 0 Å². The Morgan fingerprint density at radius 3 is 2.75 bits per heavy atom. The van der Waals surface area contributed by atoms with Crippen LogP contribution in [-0.2, 0) is 6.42 Å². The summed E-state index contributed by atoms with van der Waals surface area (Å²) in [6.07, 6.45) is 8.39. The number of hydrogen-bond acceptors (Lipinski definition) is 5. The van der Waals surface area contributed by atoms with Gasteiger partial charge in [0, 0.05) is 48.7 Å². The molecule has 1 aliphatic heterocycles. The molecule has 1 unspecified atom stereocenters. The minimum Gasteiger partial charge on any atom is -0.420 e. The fourth-order valence-electron chi connectivity index (χ4n) is 4.84. The van der Waals surface area contributed by atoms with Crippen LogP contribution < -0.4 is 4.90 Å². The number of fused-ring (bicyclic) bond motifs is 1. The molecule has 1 aromatic carbocycles. The number of hydrogen-bond donors (Lipinski definition) is 1. The van der Waals surface area contributed by atoms with Crippen LogP contribution in [0.1, 0.15) is 62.6 Å². The van der Waals surface area contributed by atoms with E-state index in [4.69, 9.17) is 4.42 Å².